The third kappa shape index (κ3) is 2.76. The first-order valence-electron chi connectivity index (χ1n) is 5.15. The van der Waals surface area contributed by atoms with Crippen molar-refractivity contribution in [3.8, 4) is 0 Å². The zero-order valence-electron chi connectivity index (χ0n) is 8.64. The van der Waals surface area contributed by atoms with Crippen LogP contribution >= 0.6 is 0 Å². The van der Waals surface area contributed by atoms with Crippen molar-refractivity contribution < 1.29 is 0 Å². The first kappa shape index (κ1) is 10.0. The van der Waals surface area contributed by atoms with Gasteiger partial charge in [0, 0.05) is 12.1 Å². The number of hydrogen-bond donors (Lipinski definition) is 1. The second kappa shape index (κ2) is 4.83. The maximum absolute atomic E-state index is 3.28. The monoisotopic (exact) mass is 170 g/mol. The summed E-state index contributed by atoms with van der Waals surface area (Å²) in [6, 6.07) is 1.49. The van der Waals surface area contributed by atoms with Crippen LogP contribution in [0.5, 0.6) is 0 Å². The lowest BCUT2D eigenvalue weighted by molar-refractivity contribution is 0.255. The molecule has 1 fully saturated rings. The van der Waals surface area contributed by atoms with Crippen molar-refractivity contribution in [3.05, 3.63) is 0 Å². The summed E-state index contributed by atoms with van der Waals surface area (Å²) in [4.78, 5) is 2.60. The zero-order valence-corrected chi connectivity index (χ0v) is 8.64. The van der Waals surface area contributed by atoms with E-state index in [4.69, 9.17) is 0 Å². The van der Waals surface area contributed by atoms with Crippen molar-refractivity contribution in [2.45, 2.75) is 45.2 Å². The molecule has 1 aliphatic heterocycles. The van der Waals surface area contributed by atoms with Gasteiger partial charge in [0.05, 0.1) is 0 Å². The minimum atomic E-state index is 0.665. The fourth-order valence-corrected chi connectivity index (χ4v) is 1.83. The van der Waals surface area contributed by atoms with Crippen LogP contribution < -0.4 is 5.32 Å². The van der Waals surface area contributed by atoms with Gasteiger partial charge in [-0.25, -0.2) is 0 Å². The second-order valence-electron chi connectivity index (χ2n) is 4.01. The summed E-state index contributed by atoms with van der Waals surface area (Å²) >= 11 is 0. The van der Waals surface area contributed by atoms with Crippen LogP contribution in [0.4, 0.5) is 0 Å². The Morgan fingerprint density at radius 2 is 2.33 bits per heavy atom. The summed E-state index contributed by atoms with van der Waals surface area (Å²) in [6.45, 7) is 7.18. The summed E-state index contributed by atoms with van der Waals surface area (Å²) < 4.78 is 0. The molecule has 12 heavy (non-hydrogen) atoms. The largest absolute Gasteiger partial charge is 0.317 e. The molecule has 0 spiro atoms. The third-order valence-electron chi connectivity index (χ3n) is 3.03. The molecule has 0 aliphatic carbocycles. The fourth-order valence-electron chi connectivity index (χ4n) is 1.83. The fraction of sp³-hybridized carbons (Fsp3) is 1.00. The zero-order chi connectivity index (χ0) is 8.97. The van der Waals surface area contributed by atoms with Crippen LogP contribution in [0.1, 0.15) is 33.1 Å². The molecule has 0 aromatic heterocycles. The van der Waals surface area contributed by atoms with E-state index in [0.717, 1.165) is 6.04 Å². The SMILES string of the molecule is CNC(C)CCN1CCCC1C. The molecule has 0 bridgehead atoms. The van der Waals surface area contributed by atoms with E-state index in [-0.39, 0.29) is 0 Å². The second-order valence-corrected chi connectivity index (χ2v) is 4.01. The average Bonchev–Trinajstić information content (AvgIpc) is 2.47. The molecule has 1 rings (SSSR count). The molecule has 0 saturated carbocycles. The van der Waals surface area contributed by atoms with Gasteiger partial charge >= 0.3 is 0 Å². The molecule has 1 heterocycles. The number of rotatable bonds is 4. The van der Waals surface area contributed by atoms with E-state index in [1.165, 1.54) is 32.4 Å². The first-order valence-corrected chi connectivity index (χ1v) is 5.15. The van der Waals surface area contributed by atoms with Crippen molar-refractivity contribution in [1.29, 1.82) is 0 Å². The summed E-state index contributed by atoms with van der Waals surface area (Å²) in [5.74, 6) is 0. The highest BCUT2D eigenvalue weighted by molar-refractivity contribution is 4.75. The Hall–Kier alpha value is -0.0800. The molecule has 72 valence electrons. The topological polar surface area (TPSA) is 15.3 Å². The van der Waals surface area contributed by atoms with Gasteiger partial charge in [-0.1, -0.05) is 0 Å². The van der Waals surface area contributed by atoms with Gasteiger partial charge < -0.3 is 10.2 Å². The Balaban J connectivity index is 2.13. The van der Waals surface area contributed by atoms with Gasteiger partial charge in [-0.3, -0.25) is 0 Å². The maximum Gasteiger partial charge on any atom is 0.00674 e. The lowest BCUT2D eigenvalue weighted by atomic mass is 10.2. The van der Waals surface area contributed by atoms with E-state index in [2.05, 4.69) is 24.1 Å². The molecule has 0 amide bonds. The number of nitrogens with one attached hydrogen (secondary N) is 1. The lowest BCUT2D eigenvalue weighted by Gasteiger charge is -2.22. The molecule has 0 aromatic rings. The summed E-state index contributed by atoms with van der Waals surface area (Å²) in [6.07, 6.45) is 4.07. The van der Waals surface area contributed by atoms with Gasteiger partial charge in [0.15, 0.2) is 0 Å². The molecule has 0 aromatic carbocycles. The van der Waals surface area contributed by atoms with Gasteiger partial charge in [0.1, 0.15) is 0 Å². The average molecular weight is 170 g/mol. The summed E-state index contributed by atoms with van der Waals surface area (Å²) in [7, 11) is 2.04. The molecule has 2 nitrogen and oxygen atoms in total. The van der Waals surface area contributed by atoms with Crippen LogP contribution in [0.15, 0.2) is 0 Å². The van der Waals surface area contributed by atoms with Gasteiger partial charge in [0.2, 0.25) is 0 Å². The lowest BCUT2D eigenvalue weighted by Crippen LogP contribution is -2.32. The van der Waals surface area contributed by atoms with E-state index in [0.29, 0.717) is 6.04 Å². The van der Waals surface area contributed by atoms with Crippen LogP contribution in [-0.2, 0) is 0 Å². The smallest absolute Gasteiger partial charge is 0.00674 e. The minimum Gasteiger partial charge on any atom is -0.317 e. The van der Waals surface area contributed by atoms with Crippen LogP contribution in [0.3, 0.4) is 0 Å². The molecular weight excluding hydrogens is 148 g/mol. The van der Waals surface area contributed by atoms with Gasteiger partial charge in [-0.15, -0.1) is 0 Å². The van der Waals surface area contributed by atoms with Crippen LogP contribution in [0.2, 0.25) is 0 Å². The van der Waals surface area contributed by atoms with Crippen molar-refractivity contribution in [3.63, 3.8) is 0 Å². The Bertz CT molecular complexity index is 125. The van der Waals surface area contributed by atoms with Crippen LogP contribution in [0.25, 0.3) is 0 Å². The molecule has 1 saturated heterocycles. The molecule has 1 N–H and O–H groups in total. The van der Waals surface area contributed by atoms with Crippen molar-refractivity contribution >= 4 is 0 Å². The van der Waals surface area contributed by atoms with Gasteiger partial charge in [-0.05, 0) is 53.2 Å². The first-order chi connectivity index (χ1) is 5.74. The van der Waals surface area contributed by atoms with E-state index in [1.807, 2.05) is 7.05 Å². The van der Waals surface area contributed by atoms with Crippen LogP contribution in [-0.4, -0.2) is 37.1 Å². The molecule has 2 unspecified atom stereocenters. The normalized spacial score (nSPS) is 27.8. The molecule has 1 aliphatic rings. The molecule has 0 radical (unpaired) electrons. The van der Waals surface area contributed by atoms with Gasteiger partial charge in [0.25, 0.3) is 0 Å². The van der Waals surface area contributed by atoms with Crippen LogP contribution in [0, 0.1) is 0 Å². The van der Waals surface area contributed by atoms with Crippen molar-refractivity contribution in [2.75, 3.05) is 20.1 Å². The Kier molecular flexibility index (Phi) is 4.02. The Morgan fingerprint density at radius 3 is 2.83 bits per heavy atom. The van der Waals surface area contributed by atoms with Crippen molar-refractivity contribution in [1.82, 2.24) is 10.2 Å². The minimum absolute atomic E-state index is 0.665. The highest BCUT2D eigenvalue weighted by Crippen LogP contribution is 2.16. The van der Waals surface area contributed by atoms with E-state index in [9.17, 15) is 0 Å². The summed E-state index contributed by atoms with van der Waals surface area (Å²) in [5, 5.41) is 3.28. The highest BCUT2D eigenvalue weighted by Gasteiger charge is 2.19. The summed E-state index contributed by atoms with van der Waals surface area (Å²) in [5.41, 5.74) is 0. The van der Waals surface area contributed by atoms with Gasteiger partial charge in [-0.2, -0.15) is 0 Å². The maximum atomic E-state index is 3.28. The number of likely N-dealkylation sites (tertiary alicyclic amines) is 1. The Morgan fingerprint density at radius 1 is 1.58 bits per heavy atom. The standard InChI is InChI=1S/C10H22N2/c1-9(11-3)6-8-12-7-4-5-10(12)2/h9-11H,4-8H2,1-3H3. The van der Waals surface area contributed by atoms with E-state index >= 15 is 0 Å². The quantitative estimate of drug-likeness (QED) is 0.687. The number of hydrogen-bond acceptors (Lipinski definition) is 2. The van der Waals surface area contributed by atoms with Crippen molar-refractivity contribution in [2.24, 2.45) is 0 Å². The van der Waals surface area contributed by atoms with E-state index in [1.54, 1.807) is 0 Å². The Labute approximate surface area is 76.3 Å². The predicted molar refractivity (Wildman–Crippen MR) is 53.4 cm³/mol. The molecule has 2 heteroatoms. The molecule has 2 atom stereocenters. The number of nitrogens with zero attached hydrogens (tertiary/aromatic N) is 1. The highest BCUT2D eigenvalue weighted by atomic mass is 15.2. The third-order valence-corrected chi connectivity index (χ3v) is 3.03. The predicted octanol–water partition coefficient (Wildman–Crippen LogP) is 1.47. The van der Waals surface area contributed by atoms with E-state index < -0.39 is 0 Å². The molecular formula is C10H22N2.